The maximum atomic E-state index is 12.4. The molecule has 1 amide bonds. The number of nitrogens with one attached hydrogen (secondary N) is 1. The maximum Gasteiger partial charge on any atom is 0.240 e. The fraction of sp³-hybridized carbons (Fsp3) is 0.550. The second kappa shape index (κ2) is 6.12. The van der Waals surface area contributed by atoms with Crippen molar-refractivity contribution in [1.82, 2.24) is 5.32 Å². The van der Waals surface area contributed by atoms with Gasteiger partial charge in [0.25, 0.3) is 0 Å². The van der Waals surface area contributed by atoms with Crippen LogP contribution in [0.5, 0.6) is 0 Å². The quantitative estimate of drug-likeness (QED) is 0.778. The van der Waals surface area contributed by atoms with Crippen LogP contribution < -0.4 is 9.62 Å². The zero-order valence-corrected chi connectivity index (χ0v) is 16.1. The average Bonchev–Trinajstić information content (AvgIpc) is 3.25. The van der Waals surface area contributed by atoms with Gasteiger partial charge in [0.15, 0.2) is 0 Å². The number of carbonyl (C=O) groups is 1. The van der Waals surface area contributed by atoms with Crippen molar-refractivity contribution in [3.05, 3.63) is 42.0 Å². The Labute approximate surface area is 155 Å². The normalized spacial score (nSPS) is 27.7. The molecular weight excluding hydrogens is 348 g/mol. The number of hydrogen-bond acceptors (Lipinski definition) is 3. The number of anilines is 1. The first-order valence-corrected chi connectivity index (χ1v) is 11.1. The number of hydrogen-bond donors (Lipinski definition) is 1. The fourth-order valence-electron chi connectivity index (χ4n) is 4.90. The van der Waals surface area contributed by atoms with E-state index in [1.54, 1.807) is 12.1 Å². The number of rotatable bonds is 6. The molecule has 0 aromatic heterocycles. The largest absolute Gasteiger partial charge is 0.354 e. The van der Waals surface area contributed by atoms with Gasteiger partial charge >= 0.3 is 0 Å². The highest BCUT2D eigenvalue weighted by molar-refractivity contribution is 7.92. The van der Waals surface area contributed by atoms with Gasteiger partial charge in [-0.15, -0.1) is 0 Å². The Hall–Kier alpha value is -1.82. The molecule has 2 bridgehead atoms. The maximum absolute atomic E-state index is 12.4. The lowest BCUT2D eigenvalue weighted by Gasteiger charge is -2.24. The van der Waals surface area contributed by atoms with Gasteiger partial charge in [0.1, 0.15) is 6.54 Å². The van der Waals surface area contributed by atoms with Gasteiger partial charge in [0.2, 0.25) is 15.9 Å². The number of benzene rings is 1. The topological polar surface area (TPSA) is 66.5 Å². The highest BCUT2D eigenvalue weighted by atomic mass is 32.2. The van der Waals surface area contributed by atoms with Crippen molar-refractivity contribution in [3.63, 3.8) is 0 Å². The molecule has 140 valence electrons. The van der Waals surface area contributed by atoms with Gasteiger partial charge in [-0.05, 0) is 61.5 Å². The summed E-state index contributed by atoms with van der Waals surface area (Å²) in [5.41, 5.74) is 2.08. The van der Waals surface area contributed by atoms with E-state index >= 15 is 0 Å². The van der Waals surface area contributed by atoms with E-state index in [-0.39, 0.29) is 12.5 Å². The van der Waals surface area contributed by atoms with Crippen LogP contribution in [-0.4, -0.2) is 33.7 Å². The lowest BCUT2D eigenvalue weighted by Crippen LogP contribution is -2.42. The van der Waals surface area contributed by atoms with E-state index in [9.17, 15) is 13.2 Å². The summed E-state index contributed by atoms with van der Waals surface area (Å²) in [5.74, 6) is 1.53. The van der Waals surface area contributed by atoms with Crippen LogP contribution in [0.3, 0.4) is 0 Å². The molecule has 1 N–H and O–H groups in total. The van der Waals surface area contributed by atoms with E-state index in [2.05, 4.69) is 17.5 Å². The van der Waals surface area contributed by atoms with Crippen LogP contribution in [-0.2, 0) is 14.8 Å². The van der Waals surface area contributed by atoms with Crippen LogP contribution in [0.15, 0.2) is 36.4 Å². The summed E-state index contributed by atoms with van der Waals surface area (Å²) in [7, 11) is -3.52. The third kappa shape index (κ3) is 3.04. The number of nitrogens with zero attached hydrogens (tertiary/aromatic N) is 1. The number of allylic oxidation sites excluding steroid dienone is 2. The van der Waals surface area contributed by atoms with Gasteiger partial charge in [-0.25, -0.2) is 8.42 Å². The minimum Gasteiger partial charge on any atom is -0.354 e. The van der Waals surface area contributed by atoms with Crippen molar-refractivity contribution >= 4 is 21.6 Å². The Morgan fingerprint density at radius 3 is 2.50 bits per heavy atom. The zero-order chi connectivity index (χ0) is 18.5. The number of carbonyl (C=O) groups excluding carboxylic acids is 1. The molecule has 4 rings (SSSR count). The third-order valence-electron chi connectivity index (χ3n) is 6.42. The molecule has 26 heavy (non-hydrogen) atoms. The van der Waals surface area contributed by atoms with Crippen molar-refractivity contribution in [1.29, 1.82) is 0 Å². The summed E-state index contributed by atoms with van der Waals surface area (Å²) in [6.07, 6.45) is 9.61. The zero-order valence-electron chi connectivity index (χ0n) is 15.3. The van der Waals surface area contributed by atoms with E-state index < -0.39 is 10.0 Å². The molecule has 6 heteroatoms. The summed E-state index contributed by atoms with van der Waals surface area (Å²) in [4.78, 5) is 12.4. The molecule has 1 aromatic carbocycles. The Bertz CT molecular complexity index is 840. The molecule has 3 aliphatic rings. The summed E-state index contributed by atoms with van der Waals surface area (Å²) in [6, 6.07) is 7.17. The lowest BCUT2D eigenvalue weighted by molar-refractivity contribution is -0.119. The van der Waals surface area contributed by atoms with Crippen molar-refractivity contribution in [2.24, 2.45) is 23.2 Å². The van der Waals surface area contributed by atoms with Crippen LogP contribution in [0.4, 0.5) is 5.69 Å². The third-order valence-corrected chi connectivity index (χ3v) is 7.56. The monoisotopic (exact) mass is 374 g/mol. The summed E-state index contributed by atoms with van der Waals surface area (Å²) >= 11 is 0. The Balaban J connectivity index is 1.38. The van der Waals surface area contributed by atoms with Crippen LogP contribution in [0.25, 0.3) is 0 Å². The molecule has 3 atom stereocenters. The van der Waals surface area contributed by atoms with Crippen LogP contribution in [0.1, 0.15) is 24.8 Å². The van der Waals surface area contributed by atoms with E-state index in [0.717, 1.165) is 18.2 Å². The number of aryl methyl sites for hydroxylation is 1. The van der Waals surface area contributed by atoms with Crippen LogP contribution in [0, 0.1) is 30.1 Å². The standard InChI is InChI=1S/C20H26N2O3S/c1-14-3-6-17(7-4-14)22(26(2,24)25)13-19(23)21-12-15-11-16-5-8-18(15)20(16)9-10-20/h3-8,15-16,18H,9-13H2,1-2H3,(H,21,23)/t15-,16-,18-/m0/s1. The molecule has 1 spiro atoms. The number of sulfonamides is 1. The van der Waals surface area contributed by atoms with E-state index in [1.165, 1.54) is 17.1 Å². The molecule has 2 saturated carbocycles. The lowest BCUT2D eigenvalue weighted by atomic mass is 9.89. The molecule has 0 unspecified atom stereocenters. The Kier molecular flexibility index (Phi) is 4.14. The smallest absolute Gasteiger partial charge is 0.240 e. The van der Waals surface area contributed by atoms with Gasteiger partial charge in [0, 0.05) is 6.54 Å². The molecule has 0 saturated heterocycles. The second-order valence-electron chi connectivity index (χ2n) is 8.16. The van der Waals surface area contributed by atoms with Crippen LogP contribution in [0.2, 0.25) is 0 Å². The van der Waals surface area contributed by atoms with E-state index in [4.69, 9.17) is 0 Å². The Morgan fingerprint density at radius 1 is 1.23 bits per heavy atom. The van der Waals surface area contributed by atoms with Gasteiger partial charge in [0.05, 0.1) is 11.9 Å². The van der Waals surface area contributed by atoms with Crippen LogP contribution >= 0.6 is 0 Å². The van der Waals surface area contributed by atoms with Gasteiger partial charge in [-0.3, -0.25) is 9.10 Å². The predicted molar refractivity (Wildman–Crippen MR) is 102 cm³/mol. The first-order valence-electron chi connectivity index (χ1n) is 9.29. The minimum atomic E-state index is -3.52. The molecule has 1 aromatic rings. The van der Waals surface area contributed by atoms with E-state index in [0.29, 0.717) is 35.4 Å². The SMILES string of the molecule is Cc1ccc(N(CC(=O)NC[C@@H]2C[C@@H]3C=C[C@@H]2C32CC2)S(C)(=O)=O)cc1. The summed E-state index contributed by atoms with van der Waals surface area (Å²) in [5, 5.41) is 2.98. The van der Waals surface area contributed by atoms with Crippen molar-refractivity contribution in [2.45, 2.75) is 26.2 Å². The minimum absolute atomic E-state index is 0.177. The van der Waals surface area contributed by atoms with Gasteiger partial charge < -0.3 is 5.32 Å². The summed E-state index contributed by atoms with van der Waals surface area (Å²) in [6.45, 7) is 2.40. The fourth-order valence-corrected chi connectivity index (χ4v) is 5.75. The molecule has 3 aliphatic carbocycles. The first kappa shape index (κ1) is 17.6. The Morgan fingerprint density at radius 2 is 1.92 bits per heavy atom. The number of amides is 1. The van der Waals surface area contributed by atoms with Gasteiger partial charge in [-0.2, -0.15) is 0 Å². The average molecular weight is 375 g/mol. The highest BCUT2D eigenvalue weighted by Gasteiger charge is 2.62. The molecule has 0 radical (unpaired) electrons. The van der Waals surface area contributed by atoms with E-state index in [1.807, 2.05) is 19.1 Å². The molecule has 5 nitrogen and oxygen atoms in total. The molecule has 0 heterocycles. The van der Waals surface area contributed by atoms with Gasteiger partial charge in [-0.1, -0.05) is 29.8 Å². The van der Waals surface area contributed by atoms with Crippen molar-refractivity contribution in [3.8, 4) is 0 Å². The predicted octanol–water partition coefficient (Wildman–Crippen LogP) is 2.48. The molecule has 2 fully saturated rings. The summed E-state index contributed by atoms with van der Waals surface area (Å²) < 4.78 is 25.5. The van der Waals surface area contributed by atoms with Crippen molar-refractivity contribution < 1.29 is 13.2 Å². The first-order chi connectivity index (χ1) is 12.3. The molecule has 0 aliphatic heterocycles. The highest BCUT2D eigenvalue weighted by Crippen LogP contribution is 2.69. The second-order valence-corrected chi connectivity index (χ2v) is 10.1. The molecular formula is C20H26N2O3S. The van der Waals surface area contributed by atoms with Crippen molar-refractivity contribution in [2.75, 3.05) is 23.7 Å².